The molecule has 2 bridgehead atoms. The second-order valence-corrected chi connectivity index (χ2v) is 9.80. The standard InChI is InChI=1S/C21H32O3/c1-14-12-20-10-6-15-18(2,16(20)7-11-21(14,23)13-20)8-5-9-19(15,3)17(22)24-4/h15-16,23H,1,5-13H2,2-4H3/t15-,16-,18+,19+,20+,21-/m0/s1. The summed E-state index contributed by atoms with van der Waals surface area (Å²) in [5.74, 6) is 0.993. The van der Waals surface area contributed by atoms with Gasteiger partial charge in [-0.3, -0.25) is 4.79 Å². The lowest BCUT2D eigenvalue weighted by Crippen LogP contribution is -2.59. The lowest BCUT2D eigenvalue weighted by Gasteiger charge is -2.63. The predicted octanol–water partition coefficient (Wildman–Crippen LogP) is 4.24. The third-order valence-electron chi connectivity index (χ3n) is 8.81. The van der Waals surface area contributed by atoms with E-state index < -0.39 is 5.60 Å². The monoisotopic (exact) mass is 332 g/mol. The molecule has 0 aromatic rings. The van der Waals surface area contributed by atoms with Crippen molar-refractivity contribution < 1.29 is 14.6 Å². The van der Waals surface area contributed by atoms with Crippen LogP contribution >= 0.6 is 0 Å². The average molecular weight is 332 g/mol. The molecule has 4 aliphatic rings. The normalized spacial score (nSPS) is 53.2. The molecule has 0 aromatic heterocycles. The smallest absolute Gasteiger partial charge is 0.311 e. The van der Waals surface area contributed by atoms with Crippen LogP contribution in [0.15, 0.2) is 12.2 Å². The van der Waals surface area contributed by atoms with Crippen molar-refractivity contribution in [2.75, 3.05) is 7.11 Å². The zero-order valence-electron chi connectivity index (χ0n) is 15.5. The summed E-state index contributed by atoms with van der Waals surface area (Å²) in [6.07, 6.45) is 9.32. The van der Waals surface area contributed by atoms with Gasteiger partial charge in [-0.05, 0) is 86.5 Å². The molecule has 4 aliphatic carbocycles. The average Bonchev–Trinajstić information content (AvgIpc) is 2.70. The van der Waals surface area contributed by atoms with Crippen molar-refractivity contribution in [1.29, 1.82) is 0 Å². The quantitative estimate of drug-likeness (QED) is 0.577. The van der Waals surface area contributed by atoms with E-state index in [-0.39, 0.29) is 22.2 Å². The number of hydrogen-bond acceptors (Lipinski definition) is 3. The summed E-state index contributed by atoms with van der Waals surface area (Å²) < 4.78 is 5.22. The minimum absolute atomic E-state index is 0.0162. The zero-order chi connectivity index (χ0) is 17.4. The van der Waals surface area contributed by atoms with Gasteiger partial charge in [0.15, 0.2) is 0 Å². The van der Waals surface area contributed by atoms with E-state index in [9.17, 15) is 9.90 Å². The number of aliphatic hydroxyl groups is 1. The highest BCUT2D eigenvalue weighted by molar-refractivity contribution is 5.77. The van der Waals surface area contributed by atoms with Gasteiger partial charge in [0, 0.05) is 0 Å². The van der Waals surface area contributed by atoms with Crippen LogP contribution < -0.4 is 0 Å². The number of hydrogen-bond donors (Lipinski definition) is 1. The molecule has 0 aromatic carbocycles. The first kappa shape index (κ1) is 16.6. The minimum atomic E-state index is -0.611. The van der Waals surface area contributed by atoms with Gasteiger partial charge in [0.25, 0.3) is 0 Å². The van der Waals surface area contributed by atoms with Crippen LogP contribution in [0, 0.1) is 28.1 Å². The summed E-state index contributed by atoms with van der Waals surface area (Å²) in [7, 11) is 1.53. The first-order valence-electron chi connectivity index (χ1n) is 9.69. The highest BCUT2D eigenvalue weighted by atomic mass is 16.5. The summed E-state index contributed by atoms with van der Waals surface area (Å²) in [6, 6.07) is 0. The number of carbonyl (C=O) groups is 1. The van der Waals surface area contributed by atoms with Crippen LogP contribution in [-0.2, 0) is 9.53 Å². The molecule has 0 saturated heterocycles. The molecule has 134 valence electrons. The van der Waals surface area contributed by atoms with E-state index in [0.29, 0.717) is 11.8 Å². The molecule has 1 N–H and O–H groups in total. The molecular weight excluding hydrogens is 300 g/mol. The number of carbonyl (C=O) groups excluding carboxylic acids is 1. The van der Waals surface area contributed by atoms with Gasteiger partial charge in [0.1, 0.15) is 0 Å². The van der Waals surface area contributed by atoms with Crippen molar-refractivity contribution in [2.45, 2.75) is 77.2 Å². The first-order chi connectivity index (χ1) is 11.2. The van der Waals surface area contributed by atoms with Crippen molar-refractivity contribution in [3.05, 3.63) is 12.2 Å². The predicted molar refractivity (Wildman–Crippen MR) is 93.3 cm³/mol. The number of methoxy groups -OCH3 is 1. The van der Waals surface area contributed by atoms with E-state index in [1.165, 1.54) is 13.5 Å². The van der Waals surface area contributed by atoms with Crippen LogP contribution in [0.25, 0.3) is 0 Å². The van der Waals surface area contributed by atoms with E-state index in [1.54, 1.807) is 0 Å². The van der Waals surface area contributed by atoms with E-state index in [0.717, 1.165) is 56.9 Å². The summed E-state index contributed by atoms with van der Waals surface area (Å²) in [4.78, 5) is 12.6. The van der Waals surface area contributed by atoms with Crippen LogP contribution in [0.3, 0.4) is 0 Å². The van der Waals surface area contributed by atoms with Crippen molar-refractivity contribution in [1.82, 2.24) is 0 Å². The van der Waals surface area contributed by atoms with Gasteiger partial charge < -0.3 is 9.84 Å². The van der Waals surface area contributed by atoms with Gasteiger partial charge in [0.2, 0.25) is 0 Å². The largest absolute Gasteiger partial charge is 0.469 e. The fourth-order valence-electron chi connectivity index (χ4n) is 7.83. The number of esters is 1. The van der Waals surface area contributed by atoms with Gasteiger partial charge in [0.05, 0.1) is 18.1 Å². The van der Waals surface area contributed by atoms with Crippen LogP contribution in [0.2, 0.25) is 0 Å². The lowest BCUT2D eigenvalue weighted by molar-refractivity contribution is -0.188. The van der Waals surface area contributed by atoms with E-state index in [1.807, 2.05) is 0 Å². The van der Waals surface area contributed by atoms with E-state index >= 15 is 0 Å². The summed E-state index contributed by atoms with van der Waals surface area (Å²) in [5.41, 5.74) is 0.528. The molecule has 4 fully saturated rings. The molecule has 3 heteroatoms. The number of fused-ring (bicyclic) bond motifs is 3. The zero-order valence-corrected chi connectivity index (χ0v) is 15.5. The Bertz CT molecular complexity index is 598. The van der Waals surface area contributed by atoms with Crippen molar-refractivity contribution in [3.8, 4) is 0 Å². The van der Waals surface area contributed by atoms with Crippen molar-refractivity contribution >= 4 is 5.97 Å². The van der Waals surface area contributed by atoms with Gasteiger partial charge in [-0.2, -0.15) is 0 Å². The summed E-state index contributed by atoms with van der Waals surface area (Å²) in [5, 5.41) is 11.0. The maximum absolute atomic E-state index is 12.6. The molecule has 0 radical (unpaired) electrons. The SMILES string of the molecule is C=C1C[C@@]23CC[C@H]4[C@@](C)(CCC[C@@]4(C)C(=O)OC)[C@@H]2CC[C@]1(O)C3. The number of ether oxygens (including phenoxy) is 1. The molecule has 1 spiro atoms. The Balaban J connectivity index is 1.74. The Morgan fingerprint density at radius 3 is 2.58 bits per heavy atom. The van der Waals surface area contributed by atoms with Crippen LogP contribution in [0.1, 0.15) is 71.6 Å². The van der Waals surface area contributed by atoms with Crippen molar-refractivity contribution in [2.24, 2.45) is 28.1 Å². The van der Waals surface area contributed by atoms with Crippen molar-refractivity contribution in [3.63, 3.8) is 0 Å². The molecule has 24 heavy (non-hydrogen) atoms. The third-order valence-corrected chi connectivity index (χ3v) is 8.81. The number of rotatable bonds is 1. The molecule has 4 saturated carbocycles. The molecule has 0 heterocycles. The maximum atomic E-state index is 12.6. The fourth-order valence-corrected chi connectivity index (χ4v) is 7.83. The lowest BCUT2D eigenvalue weighted by atomic mass is 9.41. The van der Waals surface area contributed by atoms with E-state index in [2.05, 4.69) is 20.4 Å². The van der Waals surface area contributed by atoms with Crippen LogP contribution in [-0.4, -0.2) is 23.8 Å². The molecule has 4 rings (SSSR count). The summed E-state index contributed by atoms with van der Waals surface area (Å²) in [6.45, 7) is 8.81. The third kappa shape index (κ3) is 1.85. The highest BCUT2D eigenvalue weighted by Crippen LogP contribution is 2.72. The van der Waals surface area contributed by atoms with Gasteiger partial charge in [-0.15, -0.1) is 0 Å². The Labute approximate surface area is 145 Å². The second-order valence-electron chi connectivity index (χ2n) is 9.80. The Morgan fingerprint density at radius 1 is 1.17 bits per heavy atom. The molecule has 0 amide bonds. The maximum Gasteiger partial charge on any atom is 0.311 e. The molecule has 6 atom stereocenters. The summed E-state index contributed by atoms with van der Waals surface area (Å²) >= 11 is 0. The van der Waals surface area contributed by atoms with Gasteiger partial charge >= 0.3 is 5.97 Å². The highest BCUT2D eigenvalue weighted by Gasteiger charge is 2.67. The van der Waals surface area contributed by atoms with Crippen LogP contribution in [0.4, 0.5) is 0 Å². The Kier molecular flexibility index (Phi) is 3.37. The van der Waals surface area contributed by atoms with Gasteiger partial charge in [-0.25, -0.2) is 0 Å². The molecule has 3 nitrogen and oxygen atoms in total. The topological polar surface area (TPSA) is 46.5 Å². The molecule has 0 aliphatic heterocycles. The van der Waals surface area contributed by atoms with Crippen LogP contribution in [0.5, 0.6) is 0 Å². The fraction of sp³-hybridized carbons (Fsp3) is 0.857. The van der Waals surface area contributed by atoms with E-state index in [4.69, 9.17) is 4.74 Å². The first-order valence-corrected chi connectivity index (χ1v) is 9.69. The van der Waals surface area contributed by atoms with Gasteiger partial charge in [-0.1, -0.05) is 19.9 Å². The Morgan fingerprint density at radius 2 is 1.88 bits per heavy atom. The molecule has 0 unspecified atom stereocenters. The second kappa shape index (κ2) is 4.87. The Hall–Kier alpha value is -0.830. The minimum Gasteiger partial charge on any atom is -0.469 e. The molecular formula is C21H32O3.